The smallest absolute Gasteiger partial charge is 0.243 e. The van der Waals surface area contributed by atoms with Crippen LogP contribution in [0.4, 0.5) is 0 Å². The van der Waals surface area contributed by atoms with Crippen LogP contribution < -0.4 is 4.74 Å². The molecule has 0 spiro atoms. The minimum absolute atomic E-state index is 0.0948. The van der Waals surface area contributed by atoms with Gasteiger partial charge >= 0.3 is 0 Å². The van der Waals surface area contributed by atoms with Crippen molar-refractivity contribution in [2.45, 2.75) is 51.7 Å². The second-order valence-corrected chi connectivity index (χ2v) is 7.80. The molecule has 1 aliphatic rings. The first-order chi connectivity index (χ1) is 10.3. The molecule has 1 heterocycles. The van der Waals surface area contributed by atoms with Crippen molar-refractivity contribution in [1.82, 2.24) is 4.31 Å². The third-order valence-corrected chi connectivity index (χ3v) is 5.75. The van der Waals surface area contributed by atoms with Crippen LogP contribution in [0.2, 0.25) is 0 Å². The lowest BCUT2D eigenvalue weighted by atomic mass is 10.1. The summed E-state index contributed by atoms with van der Waals surface area (Å²) < 4.78 is 38.6. The van der Waals surface area contributed by atoms with Crippen molar-refractivity contribution in [3.63, 3.8) is 0 Å². The van der Waals surface area contributed by atoms with Crippen LogP contribution in [0, 0.1) is 13.8 Å². The maximum absolute atomic E-state index is 13.0. The first kappa shape index (κ1) is 17.2. The van der Waals surface area contributed by atoms with Crippen LogP contribution >= 0.6 is 0 Å². The third-order valence-electron chi connectivity index (χ3n) is 3.78. The lowest BCUT2D eigenvalue weighted by Crippen LogP contribution is -2.48. The molecule has 0 N–H and O–H groups in total. The average Bonchev–Trinajstić information content (AvgIpc) is 2.41. The standard InChI is InChI=1S/C16H25NO4S/c1-6-20-15-7-12(3)16(8-11(15)2)22(18,19)17-9-13(4)21-14(5)10-17/h7-8,13-14H,6,9-10H2,1-5H3/t13-,14-/m0/s1. The number of rotatable bonds is 4. The first-order valence-corrected chi connectivity index (χ1v) is 9.09. The Morgan fingerprint density at radius 3 is 2.32 bits per heavy atom. The predicted octanol–water partition coefficient (Wildman–Crippen LogP) is 2.50. The summed E-state index contributed by atoms with van der Waals surface area (Å²) in [6.07, 6.45) is -0.190. The lowest BCUT2D eigenvalue weighted by Gasteiger charge is -2.34. The molecule has 2 atom stereocenters. The molecule has 1 fully saturated rings. The number of sulfonamides is 1. The summed E-state index contributed by atoms with van der Waals surface area (Å²) in [6.45, 7) is 10.7. The summed E-state index contributed by atoms with van der Waals surface area (Å²) in [5.74, 6) is 0.739. The highest BCUT2D eigenvalue weighted by molar-refractivity contribution is 7.89. The molecule has 0 radical (unpaired) electrons. The molecule has 0 saturated carbocycles. The number of hydrogen-bond acceptors (Lipinski definition) is 4. The largest absolute Gasteiger partial charge is 0.494 e. The van der Waals surface area contributed by atoms with E-state index in [4.69, 9.17) is 9.47 Å². The van der Waals surface area contributed by atoms with E-state index >= 15 is 0 Å². The zero-order valence-electron chi connectivity index (χ0n) is 13.9. The fourth-order valence-corrected chi connectivity index (χ4v) is 4.70. The first-order valence-electron chi connectivity index (χ1n) is 7.65. The minimum Gasteiger partial charge on any atom is -0.494 e. The van der Waals surface area contributed by atoms with Crippen molar-refractivity contribution in [2.24, 2.45) is 0 Å². The molecular weight excluding hydrogens is 302 g/mol. The van der Waals surface area contributed by atoms with Crippen molar-refractivity contribution >= 4 is 10.0 Å². The zero-order chi connectivity index (χ0) is 16.5. The Balaban J connectivity index is 2.39. The summed E-state index contributed by atoms with van der Waals surface area (Å²) in [7, 11) is -3.51. The fourth-order valence-electron chi connectivity index (χ4n) is 2.82. The highest BCUT2D eigenvalue weighted by Gasteiger charge is 2.33. The van der Waals surface area contributed by atoms with Crippen LogP contribution in [0.3, 0.4) is 0 Å². The molecule has 6 heteroatoms. The van der Waals surface area contributed by atoms with Crippen LogP contribution in [-0.2, 0) is 14.8 Å². The molecule has 0 bridgehead atoms. The summed E-state index contributed by atoms with van der Waals surface area (Å²) in [5, 5.41) is 0. The van der Waals surface area contributed by atoms with Gasteiger partial charge < -0.3 is 9.47 Å². The van der Waals surface area contributed by atoms with Gasteiger partial charge in [-0.15, -0.1) is 0 Å². The van der Waals surface area contributed by atoms with Gasteiger partial charge in [-0.25, -0.2) is 8.42 Å². The van der Waals surface area contributed by atoms with Gasteiger partial charge in [0.15, 0.2) is 0 Å². The molecule has 124 valence electrons. The highest BCUT2D eigenvalue weighted by Crippen LogP contribution is 2.29. The Morgan fingerprint density at radius 1 is 1.18 bits per heavy atom. The number of nitrogens with zero attached hydrogens (tertiary/aromatic N) is 1. The molecule has 0 aliphatic carbocycles. The van der Waals surface area contributed by atoms with Gasteiger partial charge in [0.2, 0.25) is 10.0 Å². The van der Waals surface area contributed by atoms with E-state index in [1.807, 2.05) is 34.6 Å². The Bertz CT molecular complexity index is 632. The van der Waals surface area contributed by atoms with Gasteiger partial charge in [0.25, 0.3) is 0 Å². The summed E-state index contributed by atoms with van der Waals surface area (Å²) in [5.41, 5.74) is 1.54. The van der Waals surface area contributed by atoms with E-state index < -0.39 is 10.0 Å². The number of morpholine rings is 1. The van der Waals surface area contributed by atoms with E-state index in [1.165, 1.54) is 4.31 Å². The quantitative estimate of drug-likeness (QED) is 0.852. The minimum atomic E-state index is -3.51. The fraction of sp³-hybridized carbons (Fsp3) is 0.625. The van der Waals surface area contributed by atoms with Crippen molar-refractivity contribution in [3.05, 3.63) is 23.3 Å². The van der Waals surface area contributed by atoms with E-state index in [0.717, 1.165) is 11.3 Å². The van der Waals surface area contributed by atoms with Crippen molar-refractivity contribution in [2.75, 3.05) is 19.7 Å². The average molecular weight is 327 g/mol. The summed E-state index contributed by atoms with van der Waals surface area (Å²) in [6, 6.07) is 3.51. The molecular formula is C16H25NO4S. The Kier molecular flexibility index (Phi) is 5.14. The van der Waals surface area contributed by atoms with Crippen molar-refractivity contribution in [3.8, 4) is 5.75 Å². The second-order valence-electron chi connectivity index (χ2n) is 5.90. The van der Waals surface area contributed by atoms with Gasteiger partial charge in [-0.1, -0.05) is 0 Å². The van der Waals surface area contributed by atoms with Crippen LogP contribution in [0.5, 0.6) is 5.75 Å². The van der Waals surface area contributed by atoms with Crippen LogP contribution in [0.1, 0.15) is 31.9 Å². The van der Waals surface area contributed by atoms with Gasteiger partial charge in [-0.05, 0) is 57.9 Å². The Hall–Kier alpha value is -1.11. The molecule has 0 unspecified atom stereocenters. The normalized spacial score (nSPS) is 23.5. The Morgan fingerprint density at radius 2 is 1.77 bits per heavy atom. The molecule has 1 aromatic carbocycles. The maximum atomic E-state index is 13.0. The number of benzene rings is 1. The molecule has 1 aliphatic heterocycles. The monoisotopic (exact) mass is 327 g/mol. The van der Waals surface area contributed by atoms with Crippen LogP contribution in [0.15, 0.2) is 17.0 Å². The lowest BCUT2D eigenvalue weighted by molar-refractivity contribution is -0.0440. The SMILES string of the molecule is CCOc1cc(C)c(S(=O)(=O)N2C[C@H](C)O[C@@H](C)C2)cc1C. The molecule has 1 aromatic rings. The van der Waals surface area contributed by atoms with Gasteiger partial charge in [0, 0.05) is 13.1 Å². The molecule has 1 saturated heterocycles. The van der Waals surface area contributed by atoms with Crippen molar-refractivity contribution in [1.29, 1.82) is 0 Å². The predicted molar refractivity (Wildman–Crippen MR) is 85.9 cm³/mol. The van der Waals surface area contributed by atoms with Crippen molar-refractivity contribution < 1.29 is 17.9 Å². The van der Waals surface area contributed by atoms with Crippen LogP contribution in [0.25, 0.3) is 0 Å². The molecule has 2 rings (SSSR count). The summed E-state index contributed by atoms with van der Waals surface area (Å²) >= 11 is 0. The third kappa shape index (κ3) is 3.45. The molecule has 0 amide bonds. The zero-order valence-corrected chi connectivity index (χ0v) is 14.7. The summed E-state index contributed by atoms with van der Waals surface area (Å²) in [4.78, 5) is 0.356. The van der Waals surface area contributed by atoms with E-state index in [1.54, 1.807) is 12.1 Å². The maximum Gasteiger partial charge on any atom is 0.243 e. The number of hydrogen-bond donors (Lipinski definition) is 0. The van der Waals surface area contributed by atoms with Gasteiger partial charge in [0.05, 0.1) is 23.7 Å². The van der Waals surface area contributed by atoms with Crippen LogP contribution in [-0.4, -0.2) is 44.6 Å². The van der Waals surface area contributed by atoms with E-state index in [0.29, 0.717) is 30.2 Å². The molecule has 5 nitrogen and oxygen atoms in total. The highest BCUT2D eigenvalue weighted by atomic mass is 32.2. The van der Waals surface area contributed by atoms with E-state index in [-0.39, 0.29) is 12.2 Å². The van der Waals surface area contributed by atoms with Gasteiger partial charge in [-0.2, -0.15) is 4.31 Å². The molecule has 0 aromatic heterocycles. The number of ether oxygens (including phenoxy) is 2. The second kappa shape index (κ2) is 6.56. The Labute approximate surface area is 133 Å². The number of aryl methyl sites for hydroxylation is 2. The molecule has 22 heavy (non-hydrogen) atoms. The topological polar surface area (TPSA) is 55.8 Å². The van der Waals surface area contributed by atoms with Gasteiger partial charge in [0.1, 0.15) is 5.75 Å². The van der Waals surface area contributed by atoms with Gasteiger partial charge in [-0.3, -0.25) is 0 Å². The van der Waals surface area contributed by atoms with E-state index in [2.05, 4.69) is 0 Å². The van der Waals surface area contributed by atoms with E-state index in [9.17, 15) is 8.42 Å².